The van der Waals surface area contributed by atoms with Crippen LogP contribution in [0.25, 0.3) is 0 Å². The van der Waals surface area contributed by atoms with Gasteiger partial charge in [-0.05, 0) is 49.9 Å². The molecule has 0 aliphatic rings. The smallest absolute Gasteiger partial charge is 0.231 e. The molecule has 0 saturated carbocycles. The highest BCUT2D eigenvalue weighted by molar-refractivity contribution is 5.78. The van der Waals surface area contributed by atoms with Crippen LogP contribution in [0.2, 0.25) is 0 Å². The normalized spacial score (nSPS) is 10.6. The van der Waals surface area contributed by atoms with Crippen LogP contribution >= 0.6 is 0 Å². The number of aryl methyl sites for hydroxylation is 3. The molecule has 0 radical (unpaired) electrons. The van der Waals surface area contributed by atoms with Gasteiger partial charge in [0.05, 0.1) is 6.61 Å². The monoisotopic (exact) mass is 272 g/mol. The molecule has 0 amide bonds. The highest BCUT2D eigenvalue weighted by Gasteiger charge is 2.05. The van der Waals surface area contributed by atoms with Gasteiger partial charge in [-0.2, -0.15) is 0 Å². The Hall–Kier alpha value is -2.10. The number of hydrogen-bond acceptors (Lipinski definition) is 3. The second kappa shape index (κ2) is 6.37. The lowest BCUT2D eigenvalue weighted by atomic mass is 10.1. The van der Waals surface area contributed by atoms with Gasteiger partial charge in [-0.3, -0.25) is 9.36 Å². The zero-order valence-electron chi connectivity index (χ0n) is 12.2. The zero-order valence-corrected chi connectivity index (χ0v) is 12.2. The Balaban J connectivity index is 1.82. The highest BCUT2D eigenvalue weighted by atomic mass is 16.5. The van der Waals surface area contributed by atoms with Gasteiger partial charge in [0.25, 0.3) is 0 Å². The molecule has 0 saturated heterocycles. The summed E-state index contributed by atoms with van der Waals surface area (Å²) in [7, 11) is 0. The summed E-state index contributed by atoms with van der Waals surface area (Å²) >= 11 is 0. The molecule has 0 N–H and O–H groups in total. The zero-order chi connectivity index (χ0) is 14.5. The van der Waals surface area contributed by atoms with E-state index in [-0.39, 0.29) is 5.91 Å². The first kappa shape index (κ1) is 14.3. The fourth-order valence-corrected chi connectivity index (χ4v) is 2.03. The van der Waals surface area contributed by atoms with Gasteiger partial charge in [0.15, 0.2) is 0 Å². The molecular formula is C16H20N2O2. The Morgan fingerprint density at radius 2 is 1.95 bits per heavy atom. The minimum absolute atomic E-state index is 0.0444. The molecular weight excluding hydrogens is 252 g/mol. The molecule has 20 heavy (non-hydrogen) atoms. The Bertz CT molecular complexity index is 589. The molecule has 4 heteroatoms. The van der Waals surface area contributed by atoms with Gasteiger partial charge in [0, 0.05) is 18.8 Å². The maximum Gasteiger partial charge on any atom is 0.231 e. The average molecular weight is 272 g/mol. The Labute approximate surface area is 119 Å². The molecule has 0 bridgehead atoms. The molecule has 2 rings (SSSR count). The topological polar surface area (TPSA) is 44.1 Å². The number of ether oxygens (including phenoxy) is 1. The molecule has 0 fully saturated rings. The van der Waals surface area contributed by atoms with Crippen LogP contribution in [-0.2, 0) is 0 Å². The number of aromatic nitrogens is 2. The molecule has 0 aliphatic heterocycles. The molecule has 0 spiro atoms. The van der Waals surface area contributed by atoms with Gasteiger partial charge >= 0.3 is 0 Å². The molecule has 1 aromatic carbocycles. The van der Waals surface area contributed by atoms with Crippen molar-refractivity contribution < 1.29 is 9.53 Å². The van der Waals surface area contributed by atoms with E-state index >= 15 is 0 Å². The Morgan fingerprint density at radius 3 is 2.65 bits per heavy atom. The van der Waals surface area contributed by atoms with E-state index in [4.69, 9.17) is 4.74 Å². The van der Waals surface area contributed by atoms with E-state index in [1.807, 2.05) is 6.92 Å². The van der Waals surface area contributed by atoms with Crippen molar-refractivity contribution in [3.8, 4) is 5.75 Å². The van der Waals surface area contributed by atoms with Gasteiger partial charge in [-0.15, -0.1) is 0 Å². The van der Waals surface area contributed by atoms with E-state index in [1.54, 1.807) is 12.4 Å². The summed E-state index contributed by atoms with van der Waals surface area (Å²) in [6, 6.07) is 4.18. The lowest BCUT2D eigenvalue weighted by molar-refractivity contribution is 0.0893. The summed E-state index contributed by atoms with van der Waals surface area (Å²) in [5.41, 5.74) is 3.62. The number of carbonyl (C=O) groups excluding carboxylic acids is 1. The minimum Gasteiger partial charge on any atom is -0.493 e. The number of rotatable bonds is 5. The van der Waals surface area contributed by atoms with E-state index in [0.29, 0.717) is 19.4 Å². The van der Waals surface area contributed by atoms with Crippen LogP contribution < -0.4 is 4.74 Å². The third-order valence-corrected chi connectivity index (χ3v) is 3.38. The number of nitrogens with zero attached hydrogens (tertiary/aromatic N) is 2. The van der Waals surface area contributed by atoms with Crippen molar-refractivity contribution in [2.24, 2.45) is 0 Å². The highest BCUT2D eigenvalue weighted by Crippen LogP contribution is 2.22. The SMILES string of the molecule is Cc1cc(C)c(OCCCC(=O)n2ccnc2)cc1C. The first-order valence-electron chi connectivity index (χ1n) is 6.79. The molecule has 1 aromatic heterocycles. The molecule has 0 atom stereocenters. The summed E-state index contributed by atoms with van der Waals surface area (Å²) in [5, 5.41) is 0. The Morgan fingerprint density at radius 1 is 1.20 bits per heavy atom. The lowest BCUT2D eigenvalue weighted by Gasteiger charge is -2.11. The number of carbonyl (C=O) groups is 1. The summed E-state index contributed by atoms with van der Waals surface area (Å²) in [4.78, 5) is 15.6. The summed E-state index contributed by atoms with van der Waals surface area (Å²) in [6.45, 7) is 6.75. The fraction of sp³-hybridized carbons (Fsp3) is 0.375. The maximum absolute atomic E-state index is 11.8. The van der Waals surface area contributed by atoms with Crippen molar-refractivity contribution in [2.45, 2.75) is 33.6 Å². The van der Waals surface area contributed by atoms with Gasteiger partial charge in [-0.25, -0.2) is 4.98 Å². The fourth-order valence-electron chi connectivity index (χ4n) is 2.03. The minimum atomic E-state index is 0.0444. The predicted octanol–water partition coefficient (Wildman–Crippen LogP) is 3.31. The molecule has 106 valence electrons. The molecule has 0 unspecified atom stereocenters. The van der Waals surface area contributed by atoms with Gasteiger partial charge in [-0.1, -0.05) is 6.07 Å². The van der Waals surface area contributed by atoms with E-state index < -0.39 is 0 Å². The van der Waals surface area contributed by atoms with Crippen LogP contribution in [-0.4, -0.2) is 22.1 Å². The number of benzene rings is 1. The van der Waals surface area contributed by atoms with Crippen LogP contribution in [0.15, 0.2) is 30.9 Å². The van der Waals surface area contributed by atoms with Crippen molar-refractivity contribution in [3.63, 3.8) is 0 Å². The van der Waals surface area contributed by atoms with Crippen LogP contribution in [0.5, 0.6) is 5.75 Å². The third-order valence-electron chi connectivity index (χ3n) is 3.38. The first-order chi connectivity index (χ1) is 9.58. The summed E-state index contributed by atoms with van der Waals surface area (Å²) < 4.78 is 7.26. The quantitative estimate of drug-likeness (QED) is 0.784. The summed E-state index contributed by atoms with van der Waals surface area (Å²) in [5.74, 6) is 0.950. The largest absolute Gasteiger partial charge is 0.493 e. The van der Waals surface area contributed by atoms with Crippen LogP contribution in [0.1, 0.15) is 34.3 Å². The Kier molecular flexibility index (Phi) is 4.56. The maximum atomic E-state index is 11.8. The molecule has 4 nitrogen and oxygen atoms in total. The van der Waals surface area contributed by atoms with E-state index in [1.165, 1.54) is 22.0 Å². The summed E-state index contributed by atoms with van der Waals surface area (Å²) in [6.07, 6.45) is 5.95. The van der Waals surface area contributed by atoms with E-state index in [0.717, 1.165) is 11.3 Å². The molecule has 0 aliphatic carbocycles. The van der Waals surface area contributed by atoms with Crippen molar-refractivity contribution in [2.75, 3.05) is 6.61 Å². The van der Waals surface area contributed by atoms with Gasteiger partial charge in [0.1, 0.15) is 12.1 Å². The van der Waals surface area contributed by atoms with Crippen molar-refractivity contribution in [3.05, 3.63) is 47.5 Å². The van der Waals surface area contributed by atoms with Gasteiger partial charge in [0.2, 0.25) is 5.91 Å². The molecule has 2 aromatic rings. The predicted molar refractivity (Wildman–Crippen MR) is 78.2 cm³/mol. The average Bonchev–Trinajstić information content (AvgIpc) is 2.94. The van der Waals surface area contributed by atoms with Crippen LogP contribution in [0, 0.1) is 20.8 Å². The van der Waals surface area contributed by atoms with Crippen molar-refractivity contribution in [1.82, 2.24) is 9.55 Å². The standard InChI is InChI=1S/C16H20N2O2/c1-12-9-14(3)15(10-13(12)2)20-8-4-5-16(19)18-7-6-17-11-18/h6-7,9-11H,4-5,8H2,1-3H3. The van der Waals surface area contributed by atoms with Crippen molar-refractivity contribution in [1.29, 1.82) is 0 Å². The lowest BCUT2D eigenvalue weighted by Crippen LogP contribution is -2.10. The first-order valence-corrected chi connectivity index (χ1v) is 6.79. The molecule has 1 heterocycles. The van der Waals surface area contributed by atoms with Crippen molar-refractivity contribution >= 4 is 5.91 Å². The van der Waals surface area contributed by atoms with Crippen LogP contribution in [0.4, 0.5) is 0 Å². The van der Waals surface area contributed by atoms with Gasteiger partial charge < -0.3 is 4.74 Å². The second-order valence-corrected chi connectivity index (χ2v) is 5.02. The van der Waals surface area contributed by atoms with E-state index in [9.17, 15) is 4.79 Å². The number of imidazole rings is 1. The third kappa shape index (κ3) is 3.47. The number of hydrogen-bond donors (Lipinski definition) is 0. The second-order valence-electron chi connectivity index (χ2n) is 5.02. The van der Waals surface area contributed by atoms with Crippen LogP contribution in [0.3, 0.4) is 0 Å². The van der Waals surface area contributed by atoms with E-state index in [2.05, 4.69) is 31.0 Å².